The van der Waals surface area contributed by atoms with Gasteiger partial charge in [0.2, 0.25) is 0 Å². The Hall–Kier alpha value is -2.92. The van der Waals surface area contributed by atoms with E-state index in [1.54, 1.807) is 11.8 Å². The Morgan fingerprint density at radius 3 is 2.30 bits per heavy atom. The van der Waals surface area contributed by atoms with Crippen molar-refractivity contribution in [1.82, 2.24) is 0 Å². The Labute approximate surface area is 163 Å². The van der Waals surface area contributed by atoms with Gasteiger partial charge in [-0.15, -0.1) is 0 Å². The van der Waals surface area contributed by atoms with Gasteiger partial charge in [0, 0.05) is 12.6 Å². The summed E-state index contributed by atoms with van der Waals surface area (Å²) in [6, 6.07) is 29.3. The van der Waals surface area contributed by atoms with Crippen LogP contribution in [0.25, 0.3) is 0 Å². The second-order valence-corrected chi connectivity index (χ2v) is 7.81. The number of fused-ring (bicyclic) bond motifs is 2. The van der Waals surface area contributed by atoms with Crippen molar-refractivity contribution in [2.75, 3.05) is 22.3 Å². The third kappa shape index (κ3) is 2.84. The number of hydrogen-bond donors (Lipinski definition) is 1. The average molecular weight is 372 g/mol. The molecule has 3 aromatic rings. The minimum absolute atomic E-state index is 0.0831. The van der Waals surface area contributed by atoms with Crippen molar-refractivity contribution in [2.45, 2.75) is 11.5 Å². The van der Waals surface area contributed by atoms with Gasteiger partial charge in [-0.3, -0.25) is 0 Å². The van der Waals surface area contributed by atoms with E-state index in [-0.39, 0.29) is 11.5 Å². The average Bonchev–Trinajstić information content (AvgIpc) is 2.74. The second kappa shape index (κ2) is 6.67. The zero-order chi connectivity index (χ0) is 18.2. The Morgan fingerprint density at radius 1 is 0.852 bits per heavy atom. The number of hydrogen-bond acceptors (Lipinski definition) is 5. The van der Waals surface area contributed by atoms with E-state index >= 15 is 0 Å². The summed E-state index contributed by atoms with van der Waals surface area (Å²) in [6.07, 6.45) is 0.0831. The Balaban J connectivity index is 1.63. The molecule has 0 unspecified atom stereocenters. The molecule has 2 aliphatic heterocycles. The maximum absolute atomic E-state index is 5.06. The highest BCUT2D eigenvalue weighted by Crippen LogP contribution is 2.42. The van der Waals surface area contributed by atoms with E-state index in [1.807, 2.05) is 12.1 Å². The van der Waals surface area contributed by atoms with Gasteiger partial charge in [0.1, 0.15) is 10.4 Å². The Morgan fingerprint density at radius 2 is 1.52 bits per heavy atom. The summed E-state index contributed by atoms with van der Waals surface area (Å²) in [6.45, 7) is 0. The summed E-state index contributed by atoms with van der Waals surface area (Å²) >= 11 is 1.79. The molecule has 0 fully saturated rings. The molecule has 0 amide bonds. The van der Waals surface area contributed by atoms with E-state index < -0.39 is 0 Å². The van der Waals surface area contributed by atoms with Crippen molar-refractivity contribution in [1.29, 1.82) is 0 Å². The number of nitrogens with one attached hydrogen (secondary N) is 1. The predicted octanol–water partition coefficient (Wildman–Crippen LogP) is 4.82. The number of rotatable bonds is 2. The van der Waals surface area contributed by atoms with Gasteiger partial charge in [0.05, 0.1) is 17.1 Å². The molecule has 134 valence electrons. The maximum atomic E-state index is 5.06. The Kier molecular flexibility index (Phi) is 4.02. The third-order valence-corrected chi connectivity index (χ3v) is 6.13. The quantitative estimate of drug-likeness (QED) is 0.699. The van der Waals surface area contributed by atoms with Crippen LogP contribution in [0.2, 0.25) is 0 Å². The number of hydrazone groups is 1. The van der Waals surface area contributed by atoms with Gasteiger partial charge in [0.25, 0.3) is 0 Å². The van der Waals surface area contributed by atoms with Crippen molar-refractivity contribution >= 4 is 33.9 Å². The molecule has 0 saturated carbocycles. The summed E-state index contributed by atoms with van der Waals surface area (Å²) in [5.74, 6) is 0. The van der Waals surface area contributed by atoms with Crippen LogP contribution < -0.4 is 15.2 Å². The highest BCUT2D eigenvalue weighted by Gasteiger charge is 2.41. The van der Waals surface area contributed by atoms with Gasteiger partial charge < -0.3 is 10.2 Å². The molecule has 0 spiro atoms. The number of para-hydroxylation sites is 3. The van der Waals surface area contributed by atoms with E-state index in [0.717, 1.165) is 22.0 Å². The molecular weight excluding hydrogens is 352 g/mol. The largest absolute Gasteiger partial charge is 0.368 e. The van der Waals surface area contributed by atoms with Crippen LogP contribution in [0.4, 0.5) is 17.1 Å². The first-order valence-corrected chi connectivity index (χ1v) is 9.92. The molecule has 5 rings (SSSR count). The number of anilines is 3. The molecule has 2 atom stereocenters. The molecule has 5 heteroatoms. The molecule has 2 heterocycles. The van der Waals surface area contributed by atoms with E-state index in [1.165, 1.54) is 5.69 Å². The van der Waals surface area contributed by atoms with Crippen molar-refractivity contribution in [3.8, 4) is 0 Å². The summed E-state index contributed by atoms with van der Waals surface area (Å²) in [5.41, 5.74) is 4.59. The molecule has 0 aromatic heterocycles. The van der Waals surface area contributed by atoms with Gasteiger partial charge in [-0.25, -0.2) is 5.01 Å². The zero-order valence-electron chi connectivity index (χ0n) is 15.0. The van der Waals surface area contributed by atoms with E-state index in [4.69, 9.17) is 5.10 Å². The van der Waals surface area contributed by atoms with Crippen LogP contribution in [-0.4, -0.2) is 23.6 Å². The highest BCUT2D eigenvalue weighted by molar-refractivity contribution is 8.15. The van der Waals surface area contributed by atoms with Crippen molar-refractivity contribution in [3.05, 3.63) is 90.5 Å². The maximum Gasteiger partial charge on any atom is 0.153 e. The van der Waals surface area contributed by atoms with E-state index in [0.29, 0.717) is 0 Å². The van der Waals surface area contributed by atoms with Gasteiger partial charge in [-0.2, -0.15) is 5.10 Å². The second-order valence-electron chi connectivity index (χ2n) is 6.68. The van der Waals surface area contributed by atoms with Crippen molar-refractivity contribution < 1.29 is 0 Å². The van der Waals surface area contributed by atoms with Crippen LogP contribution in [0, 0.1) is 0 Å². The summed E-state index contributed by atoms with van der Waals surface area (Å²) in [5, 5.41) is 12.1. The van der Waals surface area contributed by atoms with Crippen LogP contribution in [0.3, 0.4) is 0 Å². The first-order chi connectivity index (χ1) is 13.3. The standard InChI is InChI=1S/C22H20N4S/c1-25-19-15-9-8-14-18(19)23-21-22(25)26(17-12-6-3-7-13-17)24-20(27-21)16-10-4-2-5-11-16/h2-15,21-23H,1H3/t21-,22+/m1/s1. The first kappa shape index (κ1) is 16.3. The number of nitrogens with zero attached hydrogens (tertiary/aromatic N) is 3. The summed E-state index contributed by atoms with van der Waals surface area (Å²) in [4.78, 5) is 2.32. The molecule has 0 aliphatic carbocycles. The van der Waals surface area contributed by atoms with Crippen LogP contribution in [0.1, 0.15) is 5.56 Å². The zero-order valence-corrected chi connectivity index (χ0v) is 15.8. The third-order valence-electron chi connectivity index (χ3n) is 4.98. The lowest BCUT2D eigenvalue weighted by molar-refractivity contribution is 0.578. The number of benzene rings is 3. The minimum atomic E-state index is 0.0831. The molecule has 0 bridgehead atoms. The van der Waals surface area contributed by atoms with Crippen molar-refractivity contribution in [2.24, 2.45) is 5.10 Å². The van der Waals surface area contributed by atoms with Gasteiger partial charge >= 0.3 is 0 Å². The number of likely N-dealkylation sites (N-methyl/N-ethyl adjacent to an activating group) is 1. The SMILES string of the molecule is CN1c2ccccc2N[C@@H]2SC(c3ccccc3)=NN(c3ccccc3)[C@@H]21. The van der Waals surface area contributed by atoms with Crippen LogP contribution in [-0.2, 0) is 0 Å². The van der Waals surface area contributed by atoms with Crippen LogP contribution in [0.15, 0.2) is 90.0 Å². The fraction of sp³-hybridized carbons (Fsp3) is 0.136. The first-order valence-electron chi connectivity index (χ1n) is 9.04. The molecule has 3 aromatic carbocycles. The van der Waals surface area contributed by atoms with Crippen LogP contribution in [0.5, 0.6) is 0 Å². The van der Waals surface area contributed by atoms with Gasteiger partial charge in [-0.1, -0.05) is 72.4 Å². The predicted molar refractivity (Wildman–Crippen MR) is 116 cm³/mol. The number of thioether (sulfide) groups is 1. The van der Waals surface area contributed by atoms with Gasteiger partial charge in [-0.05, 0) is 24.3 Å². The lowest BCUT2D eigenvalue weighted by Gasteiger charge is -2.48. The van der Waals surface area contributed by atoms with Crippen molar-refractivity contribution in [3.63, 3.8) is 0 Å². The van der Waals surface area contributed by atoms with Crippen LogP contribution >= 0.6 is 11.8 Å². The molecule has 4 nitrogen and oxygen atoms in total. The fourth-order valence-corrected chi connectivity index (χ4v) is 4.91. The molecule has 27 heavy (non-hydrogen) atoms. The molecule has 1 N–H and O–H groups in total. The van der Waals surface area contributed by atoms with E-state index in [2.05, 4.69) is 95.1 Å². The summed E-state index contributed by atoms with van der Waals surface area (Å²) in [7, 11) is 2.15. The minimum Gasteiger partial charge on any atom is -0.368 e. The normalized spacial score (nSPS) is 21.0. The lowest BCUT2D eigenvalue weighted by atomic mass is 10.1. The molecular formula is C22H20N4S. The molecule has 0 saturated heterocycles. The lowest BCUT2D eigenvalue weighted by Crippen LogP contribution is -2.58. The Bertz CT molecular complexity index is 974. The monoisotopic (exact) mass is 372 g/mol. The summed E-state index contributed by atoms with van der Waals surface area (Å²) < 4.78 is 0. The topological polar surface area (TPSA) is 30.9 Å². The fourth-order valence-electron chi connectivity index (χ4n) is 3.66. The highest BCUT2D eigenvalue weighted by atomic mass is 32.2. The molecule has 0 radical (unpaired) electrons. The van der Waals surface area contributed by atoms with Gasteiger partial charge in [0.15, 0.2) is 6.17 Å². The van der Waals surface area contributed by atoms with E-state index in [9.17, 15) is 0 Å². The molecule has 2 aliphatic rings. The smallest absolute Gasteiger partial charge is 0.153 e.